The average molecular weight is 310 g/mol. The fourth-order valence-electron chi connectivity index (χ4n) is 1.99. The number of nitrogens with zero attached hydrogens (tertiary/aromatic N) is 6. The van der Waals surface area contributed by atoms with Gasteiger partial charge in [0.15, 0.2) is 0 Å². The lowest BCUT2D eigenvalue weighted by molar-refractivity contribution is 0.591. The van der Waals surface area contributed by atoms with Crippen molar-refractivity contribution in [3.8, 4) is 5.95 Å². The summed E-state index contributed by atoms with van der Waals surface area (Å²) in [5.74, 6) is 0.816. The van der Waals surface area contributed by atoms with Gasteiger partial charge in [0.2, 0.25) is 11.2 Å². The number of anilines is 1. The monoisotopic (exact) mass is 309 g/mol. The Bertz CT molecular complexity index is 543. The molecule has 0 radical (unpaired) electrons. The van der Waals surface area contributed by atoms with Crippen LogP contribution in [0.25, 0.3) is 5.95 Å². The molecule has 1 atom stereocenters. The summed E-state index contributed by atoms with van der Waals surface area (Å²) in [6, 6.07) is 0.281. The van der Waals surface area contributed by atoms with Crippen LogP contribution < -0.4 is 5.32 Å². The van der Waals surface area contributed by atoms with Crippen molar-refractivity contribution in [3.63, 3.8) is 0 Å². The van der Waals surface area contributed by atoms with Gasteiger partial charge in [0.05, 0.1) is 0 Å². The Morgan fingerprint density at radius 1 is 1.24 bits per heavy atom. The molecule has 1 unspecified atom stereocenters. The third kappa shape index (κ3) is 4.93. The first-order valence-corrected chi connectivity index (χ1v) is 7.60. The molecule has 0 aliphatic carbocycles. The van der Waals surface area contributed by atoms with E-state index in [9.17, 15) is 0 Å². The molecule has 0 amide bonds. The lowest BCUT2D eigenvalue weighted by Gasteiger charge is -2.14. The van der Waals surface area contributed by atoms with Crippen molar-refractivity contribution in [1.82, 2.24) is 29.7 Å². The maximum absolute atomic E-state index is 5.93. The molecule has 2 aromatic rings. The van der Waals surface area contributed by atoms with Crippen molar-refractivity contribution in [2.75, 3.05) is 5.32 Å². The average Bonchev–Trinajstić information content (AvgIpc) is 2.97. The molecule has 2 heterocycles. The van der Waals surface area contributed by atoms with E-state index in [4.69, 9.17) is 11.6 Å². The van der Waals surface area contributed by atoms with E-state index in [1.165, 1.54) is 43.0 Å². The molecule has 1 N–H and O–H groups in total. The number of halogens is 1. The molecule has 0 aromatic carbocycles. The minimum atomic E-state index is 0.135. The highest BCUT2D eigenvalue weighted by atomic mass is 35.5. The number of hydrogen-bond donors (Lipinski definition) is 1. The third-order valence-electron chi connectivity index (χ3n) is 3.09. The predicted octanol–water partition coefficient (Wildman–Crippen LogP) is 2.88. The Morgan fingerprint density at radius 3 is 2.81 bits per heavy atom. The van der Waals surface area contributed by atoms with E-state index in [0.717, 1.165) is 6.42 Å². The summed E-state index contributed by atoms with van der Waals surface area (Å²) >= 11 is 5.93. The van der Waals surface area contributed by atoms with E-state index in [1.807, 2.05) is 0 Å². The molecule has 0 aliphatic heterocycles. The van der Waals surface area contributed by atoms with Crippen LogP contribution in [0.3, 0.4) is 0 Å². The van der Waals surface area contributed by atoms with Gasteiger partial charge < -0.3 is 5.32 Å². The maximum atomic E-state index is 5.93. The Hall–Kier alpha value is -1.76. The second-order valence-electron chi connectivity index (χ2n) is 4.96. The van der Waals surface area contributed by atoms with Gasteiger partial charge in [-0.25, -0.2) is 4.98 Å². The van der Waals surface area contributed by atoms with Gasteiger partial charge in [-0.05, 0) is 24.9 Å². The van der Waals surface area contributed by atoms with Crippen LogP contribution in [-0.4, -0.2) is 35.8 Å². The zero-order valence-electron chi connectivity index (χ0n) is 12.3. The fraction of sp³-hybridized carbons (Fsp3) is 0.615. The van der Waals surface area contributed by atoms with Gasteiger partial charge in [0.25, 0.3) is 5.95 Å². The predicted molar refractivity (Wildman–Crippen MR) is 81.6 cm³/mol. The number of unbranched alkanes of at least 4 members (excludes halogenated alkanes) is 3. The first-order valence-electron chi connectivity index (χ1n) is 7.22. The second kappa shape index (κ2) is 7.87. The Morgan fingerprint density at radius 2 is 2.10 bits per heavy atom. The van der Waals surface area contributed by atoms with E-state index in [0.29, 0.717) is 11.9 Å². The second-order valence-corrected chi connectivity index (χ2v) is 5.30. The minimum absolute atomic E-state index is 0.135. The molecule has 0 spiro atoms. The zero-order valence-corrected chi connectivity index (χ0v) is 13.1. The van der Waals surface area contributed by atoms with Crippen LogP contribution >= 0.6 is 11.6 Å². The van der Waals surface area contributed by atoms with Gasteiger partial charge in [-0.2, -0.15) is 24.7 Å². The number of rotatable bonds is 8. The molecule has 2 aromatic heterocycles. The summed E-state index contributed by atoms with van der Waals surface area (Å²) in [4.78, 5) is 16.3. The molecular weight excluding hydrogens is 290 g/mol. The summed E-state index contributed by atoms with van der Waals surface area (Å²) in [5.41, 5.74) is 0. The van der Waals surface area contributed by atoms with Gasteiger partial charge in [-0.3, -0.25) is 0 Å². The van der Waals surface area contributed by atoms with Gasteiger partial charge in [0, 0.05) is 6.04 Å². The van der Waals surface area contributed by atoms with Crippen molar-refractivity contribution in [3.05, 3.63) is 17.9 Å². The first-order chi connectivity index (χ1) is 10.2. The molecule has 0 bridgehead atoms. The van der Waals surface area contributed by atoms with Crippen molar-refractivity contribution in [1.29, 1.82) is 0 Å². The van der Waals surface area contributed by atoms with E-state index in [2.05, 4.69) is 44.2 Å². The molecule has 0 saturated carbocycles. The summed E-state index contributed by atoms with van der Waals surface area (Å²) < 4.78 is 1.45. The van der Waals surface area contributed by atoms with Crippen LogP contribution in [0.1, 0.15) is 46.0 Å². The molecule has 0 aliphatic rings. The minimum Gasteiger partial charge on any atom is -0.352 e. The van der Waals surface area contributed by atoms with Gasteiger partial charge in [-0.15, -0.1) is 0 Å². The highest BCUT2D eigenvalue weighted by Crippen LogP contribution is 2.12. The molecule has 8 heteroatoms. The molecule has 0 saturated heterocycles. The van der Waals surface area contributed by atoms with E-state index in [-0.39, 0.29) is 11.3 Å². The lowest BCUT2D eigenvalue weighted by Crippen LogP contribution is -2.18. The quantitative estimate of drug-likeness (QED) is 0.755. The molecule has 2 rings (SSSR count). The summed E-state index contributed by atoms with van der Waals surface area (Å²) in [6.07, 6.45) is 8.97. The summed E-state index contributed by atoms with van der Waals surface area (Å²) in [6.45, 7) is 4.32. The fourth-order valence-corrected chi connectivity index (χ4v) is 2.14. The first kappa shape index (κ1) is 15.6. The van der Waals surface area contributed by atoms with Gasteiger partial charge in [0.1, 0.15) is 12.7 Å². The van der Waals surface area contributed by atoms with Crippen LogP contribution in [0.15, 0.2) is 12.7 Å². The van der Waals surface area contributed by atoms with Gasteiger partial charge in [-0.1, -0.05) is 32.6 Å². The Balaban J connectivity index is 1.97. The Kier molecular flexibility index (Phi) is 5.86. The van der Waals surface area contributed by atoms with Crippen molar-refractivity contribution < 1.29 is 0 Å². The van der Waals surface area contributed by atoms with E-state index >= 15 is 0 Å². The summed E-state index contributed by atoms with van der Waals surface area (Å²) in [7, 11) is 0. The highest BCUT2D eigenvalue weighted by molar-refractivity contribution is 6.28. The summed E-state index contributed by atoms with van der Waals surface area (Å²) in [5, 5.41) is 7.37. The zero-order chi connectivity index (χ0) is 15.1. The smallest absolute Gasteiger partial charge is 0.258 e. The number of hydrogen-bond acceptors (Lipinski definition) is 6. The molecule has 0 fully saturated rings. The topological polar surface area (TPSA) is 81.4 Å². The van der Waals surface area contributed by atoms with Crippen LogP contribution in [-0.2, 0) is 0 Å². The van der Waals surface area contributed by atoms with Crippen LogP contribution in [0.4, 0.5) is 5.95 Å². The molecular formula is C13H20ClN7. The van der Waals surface area contributed by atoms with Gasteiger partial charge >= 0.3 is 0 Å². The van der Waals surface area contributed by atoms with Crippen molar-refractivity contribution >= 4 is 17.5 Å². The van der Waals surface area contributed by atoms with Crippen LogP contribution in [0.2, 0.25) is 5.28 Å². The maximum Gasteiger partial charge on any atom is 0.258 e. The van der Waals surface area contributed by atoms with Crippen molar-refractivity contribution in [2.24, 2.45) is 0 Å². The number of aromatic nitrogens is 6. The normalized spacial score (nSPS) is 12.3. The standard InChI is InChI=1S/C13H20ClN7/c1-3-4-5-6-7-10(2)17-12-18-11(14)19-13(20-12)21-9-15-8-16-21/h8-10H,3-7H2,1-2H3,(H,17,18,19,20). The highest BCUT2D eigenvalue weighted by Gasteiger charge is 2.10. The lowest BCUT2D eigenvalue weighted by atomic mass is 10.1. The molecule has 7 nitrogen and oxygen atoms in total. The molecule has 114 valence electrons. The third-order valence-corrected chi connectivity index (χ3v) is 3.26. The largest absolute Gasteiger partial charge is 0.352 e. The van der Waals surface area contributed by atoms with E-state index in [1.54, 1.807) is 0 Å². The van der Waals surface area contributed by atoms with E-state index < -0.39 is 0 Å². The van der Waals surface area contributed by atoms with Crippen molar-refractivity contribution in [2.45, 2.75) is 52.0 Å². The van der Waals surface area contributed by atoms with Crippen LogP contribution in [0.5, 0.6) is 0 Å². The SMILES string of the molecule is CCCCCCC(C)Nc1nc(Cl)nc(-n2cncn2)n1. The van der Waals surface area contributed by atoms with Crippen LogP contribution in [0, 0.1) is 0 Å². The molecule has 21 heavy (non-hydrogen) atoms. The Labute approximate surface area is 129 Å². The number of nitrogens with one attached hydrogen (secondary N) is 1.